The van der Waals surface area contributed by atoms with Gasteiger partial charge in [-0.3, -0.25) is 9.69 Å². The van der Waals surface area contributed by atoms with Crippen LogP contribution in [-0.2, 0) is 4.79 Å². The van der Waals surface area contributed by atoms with E-state index in [1.165, 1.54) is 12.8 Å². The number of nitrogens with zero attached hydrogens (tertiary/aromatic N) is 2. The molecular formula is C18H25ClN2O2. The summed E-state index contributed by atoms with van der Waals surface area (Å²) in [6.45, 7) is 7.49. The van der Waals surface area contributed by atoms with Gasteiger partial charge in [0.2, 0.25) is 0 Å². The highest BCUT2D eigenvalue weighted by molar-refractivity contribution is 6.32. The van der Waals surface area contributed by atoms with E-state index in [1.807, 2.05) is 36.9 Å². The van der Waals surface area contributed by atoms with Gasteiger partial charge in [-0.05, 0) is 50.8 Å². The van der Waals surface area contributed by atoms with Gasteiger partial charge in [-0.15, -0.1) is 0 Å². The van der Waals surface area contributed by atoms with Gasteiger partial charge in [-0.25, -0.2) is 0 Å². The van der Waals surface area contributed by atoms with Crippen LogP contribution >= 0.6 is 11.6 Å². The molecule has 1 aromatic carbocycles. The number of carbonyl (C=O) groups excluding carboxylic acids is 1. The third-order valence-electron chi connectivity index (χ3n) is 4.64. The third-order valence-corrected chi connectivity index (χ3v) is 4.96. The SMILES string of the molecule is Cc1ccc(Cl)c(O[C@H](C)C(=O)N2CCCN(C3CC3)CC2)c1. The molecule has 3 rings (SSSR count). The fourth-order valence-electron chi connectivity index (χ4n) is 3.16. The molecule has 2 fully saturated rings. The van der Waals surface area contributed by atoms with Crippen LogP contribution in [-0.4, -0.2) is 54.0 Å². The topological polar surface area (TPSA) is 32.8 Å². The van der Waals surface area contributed by atoms with Crippen LogP contribution in [0.3, 0.4) is 0 Å². The molecule has 1 saturated heterocycles. The van der Waals surface area contributed by atoms with Crippen LogP contribution in [0.15, 0.2) is 18.2 Å². The van der Waals surface area contributed by atoms with E-state index in [4.69, 9.17) is 16.3 Å². The summed E-state index contributed by atoms with van der Waals surface area (Å²) in [7, 11) is 0. The van der Waals surface area contributed by atoms with Crippen LogP contribution in [0.25, 0.3) is 0 Å². The summed E-state index contributed by atoms with van der Waals surface area (Å²) in [5.41, 5.74) is 1.07. The molecule has 1 atom stereocenters. The lowest BCUT2D eigenvalue weighted by Gasteiger charge is -2.25. The van der Waals surface area contributed by atoms with E-state index >= 15 is 0 Å². The van der Waals surface area contributed by atoms with E-state index in [9.17, 15) is 4.79 Å². The van der Waals surface area contributed by atoms with Crippen molar-refractivity contribution in [3.05, 3.63) is 28.8 Å². The second kappa shape index (κ2) is 7.10. The zero-order chi connectivity index (χ0) is 16.4. The van der Waals surface area contributed by atoms with Crippen molar-refractivity contribution in [1.82, 2.24) is 9.80 Å². The molecule has 0 N–H and O–H groups in total. The summed E-state index contributed by atoms with van der Waals surface area (Å²) >= 11 is 6.16. The lowest BCUT2D eigenvalue weighted by Crippen LogP contribution is -2.42. The van der Waals surface area contributed by atoms with Gasteiger partial charge in [-0.1, -0.05) is 17.7 Å². The highest BCUT2D eigenvalue weighted by atomic mass is 35.5. The van der Waals surface area contributed by atoms with Gasteiger partial charge in [0.25, 0.3) is 5.91 Å². The van der Waals surface area contributed by atoms with Crippen LogP contribution in [0.2, 0.25) is 5.02 Å². The van der Waals surface area contributed by atoms with E-state index in [1.54, 1.807) is 0 Å². The van der Waals surface area contributed by atoms with Crippen molar-refractivity contribution in [2.24, 2.45) is 0 Å². The van der Waals surface area contributed by atoms with Gasteiger partial charge in [0.05, 0.1) is 5.02 Å². The Balaban J connectivity index is 1.59. The third kappa shape index (κ3) is 4.18. The number of aryl methyl sites for hydroxylation is 1. The minimum Gasteiger partial charge on any atom is -0.479 e. The highest BCUT2D eigenvalue weighted by Gasteiger charge is 2.32. The number of carbonyl (C=O) groups is 1. The predicted octanol–water partition coefficient (Wildman–Crippen LogP) is 3.11. The van der Waals surface area contributed by atoms with Crippen LogP contribution in [0.5, 0.6) is 5.75 Å². The van der Waals surface area contributed by atoms with E-state index in [-0.39, 0.29) is 5.91 Å². The summed E-state index contributed by atoms with van der Waals surface area (Å²) in [5.74, 6) is 0.641. The lowest BCUT2D eigenvalue weighted by molar-refractivity contribution is -0.137. The molecular weight excluding hydrogens is 312 g/mol. The average molecular weight is 337 g/mol. The Labute approximate surface area is 143 Å². The normalized spacial score (nSPS) is 20.9. The van der Waals surface area contributed by atoms with Crippen molar-refractivity contribution in [2.45, 2.75) is 45.3 Å². The Kier molecular flexibility index (Phi) is 5.12. The molecule has 1 aliphatic carbocycles. The van der Waals surface area contributed by atoms with Crippen molar-refractivity contribution in [2.75, 3.05) is 26.2 Å². The van der Waals surface area contributed by atoms with Gasteiger partial charge in [0.1, 0.15) is 5.75 Å². The monoisotopic (exact) mass is 336 g/mol. The first kappa shape index (κ1) is 16.6. The quantitative estimate of drug-likeness (QED) is 0.847. The zero-order valence-corrected chi connectivity index (χ0v) is 14.7. The van der Waals surface area contributed by atoms with Gasteiger partial charge >= 0.3 is 0 Å². The van der Waals surface area contributed by atoms with Crippen LogP contribution in [0.1, 0.15) is 31.7 Å². The van der Waals surface area contributed by atoms with E-state index < -0.39 is 6.10 Å². The second-order valence-corrected chi connectivity index (χ2v) is 7.05. The number of benzene rings is 1. The van der Waals surface area contributed by atoms with Gasteiger partial charge in [0.15, 0.2) is 6.10 Å². The number of rotatable bonds is 4. The minimum atomic E-state index is -0.512. The Morgan fingerprint density at radius 2 is 2.04 bits per heavy atom. The molecule has 1 aliphatic heterocycles. The standard InChI is InChI=1S/C18H25ClN2O2/c1-13-4-7-16(19)17(12-13)23-14(2)18(22)21-9-3-8-20(10-11-21)15-5-6-15/h4,7,12,14-15H,3,5-6,8-11H2,1-2H3/t14-/m1/s1. The van der Waals surface area contributed by atoms with Crippen molar-refractivity contribution in [3.63, 3.8) is 0 Å². The van der Waals surface area contributed by atoms with E-state index in [2.05, 4.69) is 4.90 Å². The molecule has 0 unspecified atom stereocenters. The maximum absolute atomic E-state index is 12.7. The van der Waals surface area contributed by atoms with Crippen LogP contribution in [0, 0.1) is 6.92 Å². The maximum Gasteiger partial charge on any atom is 0.263 e. The second-order valence-electron chi connectivity index (χ2n) is 6.64. The largest absolute Gasteiger partial charge is 0.479 e. The molecule has 0 radical (unpaired) electrons. The molecule has 1 aromatic rings. The van der Waals surface area contributed by atoms with Crippen molar-refractivity contribution < 1.29 is 9.53 Å². The maximum atomic E-state index is 12.7. The summed E-state index contributed by atoms with van der Waals surface area (Å²) in [4.78, 5) is 17.1. The molecule has 23 heavy (non-hydrogen) atoms. The molecule has 0 aromatic heterocycles. The lowest BCUT2D eigenvalue weighted by atomic mass is 10.2. The summed E-state index contributed by atoms with van der Waals surface area (Å²) in [6.07, 6.45) is 3.17. The molecule has 1 heterocycles. The molecule has 4 nitrogen and oxygen atoms in total. The first-order chi connectivity index (χ1) is 11.0. The smallest absolute Gasteiger partial charge is 0.263 e. The predicted molar refractivity (Wildman–Crippen MR) is 92.1 cm³/mol. The molecule has 5 heteroatoms. The molecule has 0 spiro atoms. The summed E-state index contributed by atoms with van der Waals surface area (Å²) in [5, 5.41) is 0.547. The van der Waals surface area contributed by atoms with E-state index in [0.717, 1.165) is 44.2 Å². The fourth-order valence-corrected chi connectivity index (χ4v) is 3.32. The average Bonchev–Trinajstić information content (AvgIpc) is 3.35. The Morgan fingerprint density at radius 1 is 1.26 bits per heavy atom. The molecule has 1 amide bonds. The van der Waals surface area contributed by atoms with Crippen molar-refractivity contribution >= 4 is 17.5 Å². The summed E-state index contributed by atoms with van der Waals surface area (Å²) in [6, 6.07) is 6.39. The Hall–Kier alpha value is -1.26. The van der Waals surface area contributed by atoms with Crippen LogP contribution in [0.4, 0.5) is 0 Å². The molecule has 126 valence electrons. The van der Waals surface area contributed by atoms with Crippen molar-refractivity contribution in [1.29, 1.82) is 0 Å². The summed E-state index contributed by atoms with van der Waals surface area (Å²) < 4.78 is 5.83. The molecule has 1 saturated carbocycles. The number of amides is 1. The molecule has 0 bridgehead atoms. The number of halogens is 1. The van der Waals surface area contributed by atoms with Gasteiger partial charge < -0.3 is 9.64 Å². The minimum absolute atomic E-state index is 0.0558. The Bertz CT molecular complexity index is 574. The molecule has 2 aliphatic rings. The number of hydrogen-bond acceptors (Lipinski definition) is 3. The van der Waals surface area contributed by atoms with Crippen LogP contribution < -0.4 is 4.74 Å². The zero-order valence-electron chi connectivity index (χ0n) is 13.9. The van der Waals surface area contributed by atoms with Gasteiger partial charge in [0, 0.05) is 32.2 Å². The first-order valence-electron chi connectivity index (χ1n) is 8.50. The highest BCUT2D eigenvalue weighted by Crippen LogP contribution is 2.28. The fraction of sp³-hybridized carbons (Fsp3) is 0.611. The van der Waals surface area contributed by atoms with E-state index in [0.29, 0.717) is 10.8 Å². The van der Waals surface area contributed by atoms with Crippen molar-refractivity contribution in [3.8, 4) is 5.75 Å². The number of hydrogen-bond donors (Lipinski definition) is 0. The Morgan fingerprint density at radius 3 is 2.78 bits per heavy atom. The van der Waals surface area contributed by atoms with Gasteiger partial charge in [-0.2, -0.15) is 0 Å². The number of ether oxygens (including phenoxy) is 1. The first-order valence-corrected chi connectivity index (χ1v) is 8.88.